The van der Waals surface area contributed by atoms with E-state index in [1.54, 1.807) is 0 Å². The first-order chi connectivity index (χ1) is 3.93. The first kappa shape index (κ1) is 5.83. The van der Waals surface area contributed by atoms with Gasteiger partial charge in [-0.05, 0) is 11.6 Å². The Morgan fingerprint density at radius 3 is 2.38 bits per heavy atom. The molecule has 1 aromatic rings. The molecule has 0 N–H and O–H groups in total. The minimum absolute atomic E-state index is 0.932. The molecular formula is C7H6Br. The van der Waals surface area contributed by atoms with Gasteiger partial charge in [0.25, 0.3) is 0 Å². The quantitative estimate of drug-likeness (QED) is 0.567. The molecule has 0 aromatic heterocycles. The summed E-state index contributed by atoms with van der Waals surface area (Å²) >= 11 is 3.34. The van der Waals surface area contributed by atoms with Crippen molar-refractivity contribution in [1.82, 2.24) is 0 Å². The van der Waals surface area contributed by atoms with Gasteiger partial charge in [-0.15, -0.1) is 0 Å². The number of hydrogen-bond donors (Lipinski definition) is 0. The molecule has 0 fully saturated rings. The summed E-state index contributed by atoms with van der Waals surface area (Å²) in [4.78, 5) is 0. The van der Waals surface area contributed by atoms with Crippen molar-refractivity contribution in [1.29, 1.82) is 0 Å². The zero-order valence-electron chi connectivity index (χ0n) is 4.39. The van der Waals surface area contributed by atoms with Crippen LogP contribution in [0, 0.1) is 6.07 Å². The highest BCUT2D eigenvalue weighted by atomic mass is 79.9. The standard InChI is InChI=1S/C7H6Br/c8-6-7-4-2-1-3-5-7/h2-5H,6H2. The third kappa shape index (κ3) is 1.34. The second-order valence-corrected chi connectivity index (χ2v) is 2.10. The van der Waals surface area contributed by atoms with E-state index in [1.807, 2.05) is 24.3 Å². The maximum atomic E-state index is 3.34. The van der Waals surface area contributed by atoms with Gasteiger partial charge in [0.1, 0.15) is 0 Å². The van der Waals surface area contributed by atoms with Crippen molar-refractivity contribution in [2.75, 3.05) is 0 Å². The average molecular weight is 170 g/mol. The fourth-order valence-corrected chi connectivity index (χ4v) is 0.884. The zero-order chi connectivity index (χ0) is 5.82. The molecule has 0 atom stereocenters. The zero-order valence-corrected chi connectivity index (χ0v) is 5.98. The van der Waals surface area contributed by atoms with Gasteiger partial charge in [-0.25, -0.2) is 0 Å². The lowest BCUT2D eigenvalue weighted by Gasteiger charge is -1.88. The molecule has 0 aliphatic rings. The first-order valence-electron chi connectivity index (χ1n) is 2.44. The monoisotopic (exact) mass is 169 g/mol. The Hall–Kier alpha value is -0.300. The topological polar surface area (TPSA) is 0 Å². The first-order valence-corrected chi connectivity index (χ1v) is 3.56. The summed E-state index contributed by atoms with van der Waals surface area (Å²) in [6.07, 6.45) is 0. The second kappa shape index (κ2) is 2.88. The van der Waals surface area contributed by atoms with E-state index in [1.165, 1.54) is 5.56 Å². The van der Waals surface area contributed by atoms with Gasteiger partial charge in [-0.1, -0.05) is 40.2 Å². The third-order valence-electron chi connectivity index (χ3n) is 0.942. The normalized spacial score (nSPS) is 9.12. The van der Waals surface area contributed by atoms with Crippen molar-refractivity contribution in [2.24, 2.45) is 0 Å². The number of alkyl halides is 1. The fraction of sp³-hybridized carbons (Fsp3) is 0.143. The van der Waals surface area contributed by atoms with E-state index in [-0.39, 0.29) is 0 Å². The predicted octanol–water partition coefficient (Wildman–Crippen LogP) is 2.38. The second-order valence-electron chi connectivity index (χ2n) is 1.54. The Morgan fingerprint density at radius 2 is 2.00 bits per heavy atom. The smallest absolute Gasteiger partial charge is 0.0283 e. The number of hydrogen-bond acceptors (Lipinski definition) is 0. The minimum Gasteiger partial charge on any atom is -0.0876 e. The number of halogens is 1. The molecule has 1 heteroatoms. The highest BCUT2D eigenvalue weighted by Gasteiger charge is 1.81. The SMILES string of the molecule is BrCc1cc[c]cc1. The van der Waals surface area contributed by atoms with Crippen LogP contribution in [0.4, 0.5) is 0 Å². The van der Waals surface area contributed by atoms with Crippen molar-refractivity contribution in [2.45, 2.75) is 5.33 Å². The molecule has 0 saturated heterocycles. The summed E-state index contributed by atoms with van der Waals surface area (Å²) in [6.45, 7) is 0. The lowest BCUT2D eigenvalue weighted by Crippen LogP contribution is -1.71. The van der Waals surface area contributed by atoms with Gasteiger partial charge in [-0.2, -0.15) is 0 Å². The van der Waals surface area contributed by atoms with Crippen LogP contribution < -0.4 is 0 Å². The van der Waals surface area contributed by atoms with Gasteiger partial charge >= 0.3 is 0 Å². The van der Waals surface area contributed by atoms with Crippen LogP contribution in [0.1, 0.15) is 5.56 Å². The van der Waals surface area contributed by atoms with Crippen LogP contribution in [0.25, 0.3) is 0 Å². The van der Waals surface area contributed by atoms with Crippen LogP contribution in [0.2, 0.25) is 0 Å². The number of rotatable bonds is 1. The highest BCUT2D eigenvalue weighted by Crippen LogP contribution is 2.01. The molecule has 0 unspecified atom stereocenters. The average Bonchev–Trinajstić information content (AvgIpc) is 1.90. The van der Waals surface area contributed by atoms with Crippen LogP contribution in [0.15, 0.2) is 24.3 Å². The van der Waals surface area contributed by atoms with Crippen LogP contribution in [-0.4, -0.2) is 0 Å². The van der Waals surface area contributed by atoms with Gasteiger partial charge < -0.3 is 0 Å². The Labute approximate surface area is 57.7 Å². The lowest BCUT2D eigenvalue weighted by molar-refractivity contribution is 1.44. The van der Waals surface area contributed by atoms with Crippen molar-refractivity contribution in [3.63, 3.8) is 0 Å². The summed E-state index contributed by atoms with van der Waals surface area (Å²) in [6, 6.07) is 10.8. The maximum Gasteiger partial charge on any atom is 0.0283 e. The van der Waals surface area contributed by atoms with Crippen molar-refractivity contribution >= 4 is 15.9 Å². The number of benzene rings is 1. The molecule has 0 bridgehead atoms. The van der Waals surface area contributed by atoms with E-state index >= 15 is 0 Å². The molecule has 0 aliphatic carbocycles. The minimum atomic E-state index is 0.932. The van der Waals surface area contributed by atoms with Gasteiger partial charge in [0.15, 0.2) is 0 Å². The maximum absolute atomic E-state index is 3.34. The van der Waals surface area contributed by atoms with E-state index < -0.39 is 0 Å². The Bertz CT molecular complexity index is 146. The molecule has 8 heavy (non-hydrogen) atoms. The molecule has 41 valence electrons. The molecule has 1 radical (unpaired) electrons. The molecule has 1 aromatic carbocycles. The molecule has 0 spiro atoms. The van der Waals surface area contributed by atoms with Crippen molar-refractivity contribution in [3.05, 3.63) is 35.9 Å². The van der Waals surface area contributed by atoms with Gasteiger partial charge in [0.05, 0.1) is 0 Å². The highest BCUT2D eigenvalue weighted by molar-refractivity contribution is 9.08. The molecule has 0 aliphatic heterocycles. The van der Waals surface area contributed by atoms with Crippen molar-refractivity contribution in [3.8, 4) is 0 Å². The van der Waals surface area contributed by atoms with Crippen LogP contribution in [0.5, 0.6) is 0 Å². The molecular weight excluding hydrogens is 164 g/mol. The van der Waals surface area contributed by atoms with E-state index in [2.05, 4.69) is 22.0 Å². The molecule has 0 saturated carbocycles. The van der Waals surface area contributed by atoms with Gasteiger partial charge in [-0.3, -0.25) is 0 Å². The molecule has 0 amide bonds. The van der Waals surface area contributed by atoms with Crippen LogP contribution in [0.3, 0.4) is 0 Å². The summed E-state index contributed by atoms with van der Waals surface area (Å²) in [5.74, 6) is 0. The van der Waals surface area contributed by atoms with Crippen LogP contribution in [-0.2, 0) is 5.33 Å². The van der Waals surface area contributed by atoms with E-state index in [0.717, 1.165) is 5.33 Å². The molecule has 1 rings (SSSR count). The Morgan fingerprint density at radius 1 is 1.38 bits per heavy atom. The van der Waals surface area contributed by atoms with Crippen LogP contribution >= 0.6 is 15.9 Å². The fourth-order valence-electron chi connectivity index (χ4n) is 0.510. The summed E-state index contributed by atoms with van der Waals surface area (Å²) in [5.41, 5.74) is 1.30. The largest absolute Gasteiger partial charge is 0.0876 e. The van der Waals surface area contributed by atoms with Crippen molar-refractivity contribution < 1.29 is 0 Å². The van der Waals surface area contributed by atoms with Gasteiger partial charge in [0, 0.05) is 5.33 Å². The van der Waals surface area contributed by atoms with E-state index in [9.17, 15) is 0 Å². The molecule has 0 heterocycles. The predicted molar refractivity (Wildman–Crippen MR) is 37.9 cm³/mol. The van der Waals surface area contributed by atoms with E-state index in [0.29, 0.717) is 0 Å². The van der Waals surface area contributed by atoms with E-state index in [4.69, 9.17) is 0 Å². The molecule has 0 nitrogen and oxygen atoms in total. The summed E-state index contributed by atoms with van der Waals surface area (Å²) < 4.78 is 0. The van der Waals surface area contributed by atoms with Gasteiger partial charge in [0.2, 0.25) is 0 Å². The Kier molecular flexibility index (Phi) is 2.10. The Balaban J connectivity index is 2.83. The third-order valence-corrected chi connectivity index (χ3v) is 1.59. The summed E-state index contributed by atoms with van der Waals surface area (Å²) in [5, 5.41) is 0.932. The lowest BCUT2D eigenvalue weighted by atomic mass is 10.2. The summed E-state index contributed by atoms with van der Waals surface area (Å²) in [7, 11) is 0.